The molecule has 1 N–H and O–H groups in total. The maximum absolute atomic E-state index is 12.0. The summed E-state index contributed by atoms with van der Waals surface area (Å²) >= 11 is 7.72. The molecular formula is C18H23ClN4OS. The highest BCUT2D eigenvalue weighted by Crippen LogP contribution is 2.26. The predicted octanol–water partition coefficient (Wildman–Crippen LogP) is 3.50. The largest absolute Gasteiger partial charge is 0.356 e. The number of thioether (sulfide) groups is 1. The summed E-state index contributed by atoms with van der Waals surface area (Å²) in [6, 6.07) is 7.70. The number of rotatable bonds is 7. The number of nitrogens with one attached hydrogen (secondary N) is 1. The molecule has 2 aromatic rings. The lowest BCUT2D eigenvalue weighted by Gasteiger charge is -2.08. The molecule has 0 saturated carbocycles. The van der Waals surface area contributed by atoms with Crippen molar-refractivity contribution in [3.05, 3.63) is 40.9 Å². The number of aromatic nitrogens is 3. The SMILES string of the molecule is O=C(CCSc1ccccc1Cl)NCCc1nnc2n1CCCCC2. The van der Waals surface area contributed by atoms with Crippen molar-refractivity contribution in [3.8, 4) is 0 Å². The summed E-state index contributed by atoms with van der Waals surface area (Å²) in [6.07, 6.45) is 5.85. The van der Waals surface area contributed by atoms with E-state index in [1.165, 1.54) is 19.3 Å². The molecule has 2 heterocycles. The standard InChI is InChI=1S/C18H23ClN4OS/c19-14-6-3-4-7-15(14)25-13-10-18(24)20-11-9-17-22-21-16-8-2-1-5-12-23(16)17/h3-4,6-7H,1-2,5,8-13H2,(H,20,24). The number of halogens is 1. The molecule has 7 heteroatoms. The summed E-state index contributed by atoms with van der Waals surface area (Å²) in [5.41, 5.74) is 0. The average molecular weight is 379 g/mol. The first-order valence-electron chi connectivity index (χ1n) is 8.79. The van der Waals surface area contributed by atoms with E-state index < -0.39 is 0 Å². The molecule has 0 fully saturated rings. The van der Waals surface area contributed by atoms with Gasteiger partial charge in [-0.25, -0.2) is 0 Å². The molecule has 1 amide bonds. The van der Waals surface area contributed by atoms with E-state index >= 15 is 0 Å². The Bertz CT molecular complexity index is 719. The van der Waals surface area contributed by atoms with Crippen LogP contribution in [-0.4, -0.2) is 33.0 Å². The van der Waals surface area contributed by atoms with Crippen molar-refractivity contribution in [1.82, 2.24) is 20.1 Å². The van der Waals surface area contributed by atoms with Gasteiger partial charge in [0.15, 0.2) is 0 Å². The molecule has 0 spiro atoms. The van der Waals surface area contributed by atoms with Crippen LogP contribution in [0.4, 0.5) is 0 Å². The number of hydrogen-bond acceptors (Lipinski definition) is 4. The third-order valence-electron chi connectivity index (χ3n) is 4.28. The minimum atomic E-state index is 0.0650. The monoisotopic (exact) mass is 378 g/mol. The van der Waals surface area contributed by atoms with Gasteiger partial charge in [-0.15, -0.1) is 22.0 Å². The van der Waals surface area contributed by atoms with Crippen LogP contribution in [0.5, 0.6) is 0 Å². The predicted molar refractivity (Wildman–Crippen MR) is 101 cm³/mol. The van der Waals surface area contributed by atoms with Crippen molar-refractivity contribution in [2.75, 3.05) is 12.3 Å². The number of hydrogen-bond donors (Lipinski definition) is 1. The molecular weight excluding hydrogens is 356 g/mol. The molecule has 5 nitrogen and oxygen atoms in total. The van der Waals surface area contributed by atoms with E-state index in [0.717, 1.165) is 46.7 Å². The van der Waals surface area contributed by atoms with E-state index in [1.807, 2.05) is 24.3 Å². The second-order valence-electron chi connectivity index (χ2n) is 6.12. The van der Waals surface area contributed by atoms with Gasteiger partial charge in [0.2, 0.25) is 5.91 Å². The fourth-order valence-corrected chi connectivity index (χ4v) is 4.14. The number of carbonyl (C=O) groups excluding carboxylic acids is 1. The Hall–Kier alpha value is -1.53. The van der Waals surface area contributed by atoms with Crippen LogP contribution >= 0.6 is 23.4 Å². The molecule has 1 aromatic carbocycles. The first-order valence-corrected chi connectivity index (χ1v) is 10.2. The van der Waals surface area contributed by atoms with E-state index in [0.29, 0.717) is 13.0 Å². The van der Waals surface area contributed by atoms with Crippen LogP contribution in [0, 0.1) is 0 Å². The van der Waals surface area contributed by atoms with Crippen LogP contribution in [0.1, 0.15) is 37.3 Å². The van der Waals surface area contributed by atoms with E-state index in [9.17, 15) is 4.79 Å². The van der Waals surface area contributed by atoms with Gasteiger partial charge in [-0.1, -0.05) is 30.2 Å². The molecule has 0 bridgehead atoms. The summed E-state index contributed by atoms with van der Waals surface area (Å²) in [4.78, 5) is 13.0. The summed E-state index contributed by atoms with van der Waals surface area (Å²) in [5, 5.41) is 12.3. The lowest BCUT2D eigenvalue weighted by Crippen LogP contribution is -2.26. The fraction of sp³-hybridized carbons (Fsp3) is 0.500. The molecule has 134 valence electrons. The normalized spacial score (nSPS) is 14.0. The lowest BCUT2D eigenvalue weighted by atomic mass is 10.2. The molecule has 1 aliphatic heterocycles. The second kappa shape index (κ2) is 9.25. The highest BCUT2D eigenvalue weighted by molar-refractivity contribution is 7.99. The zero-order valence-electron chi connectivity index (χ0n) is 14.2. The zero-order valence-corrected chi connectivity index (χ0v) is 15.8. The van der Waals surface area contributed by atoms with E-state index in [1.54, 1.807) is 11.8 Å². The Balaban J connectivity index is 1.38. The fourth-order valence-electron chi connectivity index (χ4n) is 2.95. The van der Waals surface area contributed by atoms with Crippen LogP contribution in [0.25, 0.3) is 0 Å². The summed E-state index contributed by atoms with van der Waals surface area (Å²) in [5.74, 6) is 2.86. The lowest BCUT2D eigenvalue weighted by molar-refractivity contribution is -0.120. The molecule has 0 aliphatic carbocycles. The molecule has 0 unspecified atom stereocenters. The number of benzene rings is 1. The van der Waals surface area contributed by atoms with Gasteiger partial charge < -0.3 is 9.88 Å². The van der Waals surface area contributed by atoms with Gasteiger partial charge in [0.25, 0.3) is 0 Å². The number of aryl methyl sites for hydroxylation is 1. The number of amides is 1. The third kappa shape index (κ3) is 5.22. The highest BCUT2D eigenvalue weighted by atomic mass is 35.5. The third-order valence-corrected chi connectivity index (χ3v) is 5.80. The average Bonchev–Trinajstić information content (AvgIpc) is 2.84. The first-order chi connectivity index (χ1) is 12.2. The van der Waals surface area contributed by atoms with Crippen molar-refractivity contribution in [2.45, 2.75) is 50.0 Å². The maximum atomic E-state index is 12.0. The van der Waals surface area contributed by atoms with E-state index in [2.05, 4.69) is 20.1 Å². The Morgan fingerprint density at radius 2 is 2.12 bits per heavy atom. The van der Waals surface area contributed by atoms with Crippen LogP contribution in [-0.2, 0) is 24.2 Å². The van der Waals surface area contributed by atoms with Gasteiger partial charge in [-0.2, -0.15) is 0 Å². The van der Waals surface area contributed by atoms with Crippen molar-refractivity contribution >= 4 is 29.3 Å². The van der Waals surface area contributed by atoms with Crippen LogP contribution in [0.15, 0.2) is 29.2 Å². The minimum absolute atomic E-state index is 0.0650. The number of carbonyl (C=O) groups is 1. The Morgan fingerprint density at radius 1 is 1.24 bits per heavy atom. The summed E-state index contributed by atoms with van der Waals surface area (Å²) in [6.45, 7) is 1.60. The maximum Gasteiger partial charge on any atom is 0.220 e. The summed E-state index contributed by atoms with van der Waals surface area (Å²) < 4.78 is 2.23. The first kappa shape index (κ1) is 18.3. The van der Waals surface area contributed by atoms with Gasteiger partial charge in [-0.3, -0.25) is 4.79 Å². The molecule has 1 aromatic heterocycles. The van der Waals surface area contributed by atoms with Crippen molar-refractivity contribution in [2.24, 2.45) is 0 Å². The number of nitrogens with zero attached hydrogens (tertiary/aromatic N) is 3. The van der Waals surface area contributed by atoms with Crippen LogP contribution in [0.2, 0.25) is 5.02 Å². The Morgan fingerprint density at radius 3 is 3.00 bits per heavy atom. The molecule has 0 radical (unpaired) electrons. The molecule has 0 atom stereocenters. The van der Waals surface area contributed by atoms with Gasteiger partial charge in [-0.05, 0) is 25.0 Å². The minimum Gasteiger partial charge on any atom is -0.356 e. The van der Waals surface area contributed by atoms with Gasteiger partial charge in [0, 0.05) is 43.0 Å². The smallest absolute Gasteiger partial charge is 0.220 e. The van der Waals surface area contributed by atoms with Gasteiger partial charge >= 0.3 is 0 Å². The van der Waals surface area contributed by atoms with Crippen molar-refractivity contribution in [3.63, 3.8) is 0 Å². The molecule has 1 aliphatic rings. The molecule has 25 heavy (non-hydrogen) atoms. The quantitative estimate of drug-likeness (QED) is 0.749. The van der Waals surface area contributed by atoms with Gasteiger partial charge in [0.1, 0.15) is 11.6 Å². The summed E-state index contributed by atoms with van der Waals surface area (Å²) in [7, 11) is 0. The Labute approximate surface area is 157 Å². The molecule has 3 rings (SSSR count). The van der Waals surface area contributed by atoms with E-state index in [4.69, 9.17) is 11.6 Å². The Kier molecular flexibility index (Phi) is 6.76. The number of fused-ring (bicyclic) bond motifs is 1. The topological polar surface area (TPSA) is 59.8 Å². The van der Waals surface area contributed by atoms with Crippen molar-refractivity contribution < 1.29 is 4.79 Å². The van der Waals surface area contributed by atoms with Crippen molar-refractivity contribution in [1.29, 1.82) is 0 Å². The van der Waals surface area contributed by atoms with Crippen LogP contribution in [0.3, 0.4) is 0 Å². The van der Waals surface area contributed by atoms with Gasteiger partial charge in [0.05, 0.1) is 5.02 Å². The second-order valence-corrected chi connectivity index (χ2v) is 7.67. The molecule has 0 saturated heterocycles. The van der Waals surface area contributed by atoms with E-state index in [-0.39, 0.29) is 5.91 Å². The van der Waals surface area contributed by atoms with Crippen LogP contribution < -0.4 is 5.32 Å². The highest BCUT2D eigenvalue weighted by Gasteiger charge is 2.14. The zero-order chi connectivity index (χ0) is 17.5.